The van der Waals surface area contributed by atoms with Crippen LogP contribution < -0.4 is 0 Å². The van der Waals surface area contributed by atoms with E-state index >= 15 is 0 Å². The maximum Gasteiger partial charge on any atom is 0.257 e. The predicted octanol–water partition coefficient (Wildman–Crippen LogP) is 3.98. The highest BCUT2D eigenvalue weighted by molar-refractivity contribution is 5.99. The Bertz CT molecular complexity index is 763. The monoisotopic (exact) mass is 321 g/mol. The lowest BCUT2D eigenvalue weighted by Gasteiger charge is -2.42. The van der Waals surface area contributed by atoms with E-state index in [1.807, 2.05) is 6.07 Å². The number of rotatable bonds is 2. The van der Waals surface area contributed by atoms with Crippen LogP contribution >= 0.6 is 0 Å². The van der Waals surface area contributed by atoms with Crippen LogP contribution in [-0.4, -0.2) is 23.1 Å². The fourth-order valence-electron chi connectivity index (χ4n) is 5.46. The van der Waals surface area contributed by atoms with Crippen molar-refractivity contribution in [2.75, 3.05) is 0 Å². The third kappa shape index (κ3) is 1.59. The van der Waals surface area contributed by atoms with Crippen LogP contribution in [-0.2, 0) is 9.63 Å². The molecule has 1 saturated heterocycles. The van der Waals surface area contributed by atoms with E-state index in [-0.39, 0.29) is 23.5 Å². The van der Waals surface area contributed by atoms with Crippen LogP contribution in [0.25, 0.3) is 5.57 Å². The number of hydrogen-bond donors (Lipinski definition) is 0. The van der Waals surface area contributed by atoms with Crippen molar-refractivity contribution in [2.24, 2.45) is 16.7 Å². The van der Waals surface area contributed by atoms with Crippen LogP contribution in [0.15, 0.2) is 48.6 Å². The average Bonchev–Trinajstić information content (AvgIpc) is 3.33. The van der Waals surface area contributed by atoms with Gasteiger partial charge in [0.05, 0.1) is 11.5 Å². The van der Waals surface area contributed by atoms with E-state index < -0.39 is 5.41 Å². The highest BCUT2D eigenvalue weighted by Gasteiger charge is 2.66. The second-order valence-electron chi connectivity index (χ2n) is 8.18. The fourth-order valence-corrected chi connectivity index (χ4v) is 5.46. The molecule has 4 aliphatic rings. The zero-order chi connectivity index (χ0) is 16.5. The second kappa shape index (κ2) is 4.60. The van der Waals surface area contributed by atoms with Gasteiger partial charge in [-0.3, -0.25) is 9.63 Å². The Morgan fingerprint density at radius 3 is 2.62 bits per heavy atom. The average molecular weight is 321 g/mol. The van der Waals surface area contributed by atoms with Crippen molar-refractivity contribution in [3.8, 4) is 0 Å². The molecule has 1 aromatic rings. The van der Waals surface area contributed by atoms with Gasteiger partial charge >= 0.3 is 0 Å². The van der Waals surface area contributed by atoms with Gasteiger partial charge in [0.15, 0.2) is 0 Å². The van der Waals surface area contributed by atoms with Crippen molar-refractivity contribution >= 4 is 11.5 Å². The minimum Gasteiger partial charge on any atom is -0.271 e. The van der Waals surface area contributed by atoms with E-state index in [9.17, 15) is 4.79 Å². The first-order valence-corrected chi connectivity index (χ1v) is 9.00. The van der Waals surface area contributed by atoms with Gasteiger partial charge < -0.3 is 0 Å². The molecule has 3 heteroatoms. The standard InChI is InChI=1S/C21H23NO2/c1-20(2)15-10-11-21(20,18(12-15)14-6-4-3-5-7-14)19(23)22-16-8-9-17(13-16)24-22/h3-9,12,15-17H,10-11,13H2,1-2H3/t15-,16+,17-,21+/m1/s1. The topological polar surface area (TPSA) is 29.5 Å². The molecule has 4 bridgehead atoms. The number of amides is 1. The minimum absolute atomic E-state index is 0.0653. The van der Waals surface area contributed by atoms with Crippen molar-refractivity contribution in [2.45, 2.75) is 45.3 Å². The second-order valence-corrected chi connectivity index (χ2v) is 8.18. The molecular weight excluding hydrogens is 298 g/mol. The van der Waals surface area contributed by atoms with Crippen LogP contribution in [0.3, 0.4) is 0 Å². The molecule has 1 saturated carbocycles. The van der Waals surface area contributed by atoms with Crippen LogP contribution in [0.5, 0.6) is 0 Å². The summed E-state index contributed by atoms with van der Waals surface area (Å²) in [5.41, 5.74) is 1.87. The van der Waals surface area contributed by atoms with E-state index in [0.717, 1.165) is 19.3 Å². The van der Waals surface area contributed by atoms with Crippen molar-refractivity contribution in [1.82, 2.24) is 5.06 Å². The smallest absolute Gasteiger partial charge is 0.257 e. The van der Waals surface area contributed by atoms with Gasteiger partial charge in [0.1, 0.15) is 6.10 Å². The first-order chi connectivity index (χ1) is 11.5. The summed E-state index contributed by atoms with van der Waals surface area (Å²) in [4.78, 5) is 19.7. The Morgan fingerprint density at radius 1 is 1.21 bits per heavy atom. The molecule has 0 radical (unpaired) electrons. The molecule has 124 valence electrons. The zero-order valence-corrected chi connectivity index (χ0v) is 14.2. The Labute approximate surface area is 142 Å². The van der Waals surface area contributed by atoms with Crippen LogP contribution in [0.4, 0.5) is 0 Å². The van der Waals surface area contributed by atoms with Crippen molar-refractivity contribution < 1.29 is 9.63 Å². The highest BCUT2D eigenvalue weighted by atomic mass is 16.7. The summed E-state index contributed by atoms with van der Waals surface area (Å²) in [7, 11) is 0. The van der Waals surface area contributed by atoms with Crippen LogP contribution in [0.1, 0.15) is 38.7 Å². The predicted molar refractivity (Wildman–Crippen MR) is 92.6 cm³/mol. The molecule has 3 aliphatic carbocycles. The molecule has 1 aromatic carbocycles. The van der Waals surface area contributed by atoms with Gasteiger partial charge in [0.2, 0.25) is 0 Å². The molecule has 3 nitrogen and oxygen atoms in total. The summed E-state index contributed by atoms with van der Waals surface area (Å²) in [6, 6.07) is 10.5. The Balaban J connectivity index is 1.61. The number of fused-ring (bicyclic) bond motifs is 4. The molecule has 5 rings (SSSR count). The molecule has 0 N–H and O–H groups in total. The Hall–Kier alpha value is -1.87. The number of hydrogen-bond acceptors (Lipinski definition) is 2. The lowest BCUT2D eigenvalue weighted by atomic mass is 9.64. The van der Waals surface area contributed by atoms with E-state index in [1.54, 1.807) is 5.06 Å². The molecule has 4 atom stereocenters. The zero-order valence-electron chi connectivity index (χ0n) is 14.2. The first kappa shape index (κ1) is 14.5. The minimum atomic E-state index is -0.461. The number of nitrogens with zero attached hydrogens (tertiary/aromatic N) is 1. The first-order valence-electron chi connectivity index (χ1n) is 9.00. The highest BCUT2D eigenvalue weighted by Crippen LogP contribution is 2.68. The maximum absolute atomic E-state index is 13.7. The largest absolute Gasteiger partial charge is 0.271 e. The summed E-state index contributed by atoms with van der Waals surface area (Å²) in [6.07, 6.45) is 9.58. The molecular formula is C21H23NO2. The molecule has 1 heterocycles. The summed E-state index contributed by atoms with van der Waals surface area (Å²) in [5.74, 6) is 0.631. The quantitative estimate of drug-likeness (QED) is 0.771. The third-order valence-electron chi connectivity index (χ3n) is 6.91. The van der Waals surface area contributed by atoms with Gasteiger partial charge in [-0.1, -0.05) is 62.4 Å². The summed E-state index contributed by atoms with van der Waals surface area (Å²) >= 11 is 0. The summed E-state index contributed by atoms with van der Waals surface area (Å²) in [5, 5.41) is 1.69. The number of carbonyl (C=O) groups excluding carboxylic acids is 1. The van der Waals surface area contributed by atoms with Crippen LogP contribution in [0, 0.1) is 16.7 Å². The van der Waals surface area contributed by atoms with E-state index in [1.165, 1.54) is 11.1 Å². The molecule has 2 fully saturated rings. The van der Waals surface area contributed by atoms with Crippen molar-refractivity contribution in [1.29, 1.82) is 0 Å². The van der Waals surface area contributed by atoms with Crippen molar-refractivity contribution in [3.63, 3.8) is 0 Å². The number of carbonyl (C=O) groups is 1. The van der Waals surface area contributed by atoms with E-state index in [2.05, 4.69) is 56.3 Å². The molecule has 24 heavy (non-hydrogen) atoms. The van der Waals surface area contributed by atoms with Crippen LogP contribution in [0.2, 0.25) is 0 Å². The Kier molecular flexibility index (Phi) is 2.78. The fraction of sp³-hybridized carbons (Fsp3) is 0.476. The van der Waals surface area contributed by atoms with Gasteiger partial charge in [-0.2, -0.15) is 0 Å². The van der Waals surface area contributed by atoms with Crippen molar-refractivity contribution in [3.05, 3.63) is 54.1 Å². The third-order valence-corrected chi connectivity index (χ3v) is 6.91. The SMILES string of the molecule is CC1(C)[C@H]2C=C(c3ccccc3)[C@]1(C(=O)N1O[C@@H]3C=C[C@H]1C3)CC2. The lowest BCUT2D eigenvalue weighted by molar-refractivity contribution is -0.194. The van der Waals surface area contributed by atoms with Gasteiger partial charge in [-0.05, 0) is 35.3 Å². The molecule has 1 aliphatic heterocycles. The van der Waals surface area contributed by atoms with Gasteiger partial charge in [-0.15, -0.1) is 0 Å². The normalized spacial score (nSPS) is 38.0. The molecule has 0 aromatic heterocycles. The Morgan fingerprint density at radius 2 is 2.00 bits per heavy atom. The van der Waals surface area contributed by atoms with E-state index in [0.29, 0.717) is 5.92 Å². The summed E-state index contributed by atoms with van der Waals surface area (Å²) in [6.45, 7) is 4.53. The number of hydroxylamine groups is 2. The number of benzene rings is 1. The molecule has 1 amide bonds. The van der Waals surface area contributed by atoms with Gasteiger partial charge in [0, 0.05) is 6.42 Å². The molecule has 0 unspecified atom stereocenters. The van der Waals surface area contributed by atoms with Gasteiger partial charge in [0.25, 0.3) is 5.91 Å². The van der Waals surface area contributed by atoms with E-state index in [4.69, 9.17) is 4.84 Å². The van der Waals surface area contributed by atoms with Gasteiger partial charge in [-0.25, -0.2) is 5.06 Å². The number of allylic oxidation sites excluding steroid dienone is 1. The molecule has 0 spiro atoms. The maximum atomic E-state index is 13.7. The summed E-state index contributed by atoms with van der Waals surface area (Å²) < 4.78 is 0. The lowest BCUT2D eigenvalue weighted by Crippen LogP contribution is -2.50.